The van der Waals surface area contributed by atoms with Crippen LogP contribution < -0.4 is 5.32 Å². The van der Waals surface area contributed by atoms with E-state index < -0.39 is 0 Å². The lowest BCUT2D eigenvalue weighted by atomic mass is 9.63. The monoisotopic (exact) mass is 193 g/mol. The molecule has 3 fully saturated rings. The van der Waals surface area contributed by atoms with Crippen LogP contribution in [0.3, 0.4) is 0 Å². The van der Waals surface area contributed by atoms with E-state index in [2.05, 4.69) is 26.1 Å². The van der Waals surface area contributed by atoms with Crippen LogP contribution in [0, 0.1) is 16.2 Å². The highest BCUT2D eigenvalue weighted by Crippen LogP contribution is 2.69. The lowest BCUT2D eigenvalue weighted by Gasteiger charge is -2.42. The maximum absolute atomic E-state index is 3.76. The maximum atomic E-state index is 3.76. The second-order valence-corrected chi connectivity index (χ2v) is 7.04. The molecule has 1 spiro atoms. The molecule has 1 aliphatic heterocycles. The highest BCUT2D eigenvalue weighted by molar-refractivity contribution is 5.17. The molecule has 3 rings (SSSR count). The van der Waals surface area contributed by atoms with Crippen molar-refractivity contribution in [1.82, 2.24) is 5.32 Å². The highest BCUT2D eigenvalue weighted by atomic mass is 15.0. The molecule has 0 bridgehead atoms. The molecule has 0 amide bonds. The van der Waals surface area contributed by atoms with Crippen LogP contribution in [0.5, 0.6) is 0 Å². The Morgan fingerprint density at radius 1 is 1.14 bits per heavy atom. The van der Waals surface area contributed by atoms with Crippen molar-refractivity contribution in [3.63, 3.8) is 0 Å². The van der Waals surface area contributed by atoms with Gasteiger partial charge in [0, 0.05) is 6.04 Å². The Balaban J connectivity index is 1.95. The van der Waals surface area contributed by atoms with Crippen LogP contribution in [0.25, 0.3) is 0 Å². The summed E-state index contributed by atoms with van der Waals surface area (Å²) in [5.41, 5.74) is 1.92. The van der Waals surface area contributed by atoms with Crippen LogP contribution in [-0.2, 0) is 0 Å². The Morgan fingerprint density at radius 3 is 2.36 bits per heavy atom. The van der Waals surface area contributed by atoms with Gasteiger partial charge in [-0.15, -0.1) is 0 Å². The van der Waals surface area contributed by atoms with Crippen molar-refractivity contribution >= 4 is 0 Å². The SMILES string of the molecule is CC(C)(C)C12CCNC1CC1(CC1)C2. The molecule has 1 N–H and O–H groups in total. The van der Waals surface area contributed by atoms with Crippen molar-refractivity contribution in [1.29, 1.82) is 0 Å². The minimum atomic E-state index is 0.493. The Hall–Kier alpha value is -0.0400. The largest absolute Gasteiger partial charge is 0.313 e. The van der Waals surface area contributed by atoms with Crippen LogP contribution >= 0.6 is 0 Å². The zero-order chi connectivity index (χ0) is 10.0. The number of hydrogen-bond donors (Lipinski definition) is 1. The zero-order valence-electron chi connectivity index (χ0n) is 9.82. The van der Waals surface area contributed by atoms with Gasteiger partial charge in [0.25, 0.3) is 0 Å². The molecule has 2 saturated carbocycles. The summed E-state index contributed by atoms with van der Waals surface area (Å²) in [6, 6.07) is 0.838. The second kappa shape index (κ2) is 2.37. The maximum Gasteiger partial charge on any atom is 0.0134 e. The highest BCUT2D eigenvalue weighted by Gasteiger charge is 2.64. The lowest BCUT2D eigenvalue weighted by Crippen LogP contribution is -2.41. The van der Waals surface area contributed by atoms with Crippen molar-refractivity contribution < 1.29 is 0 Å². The first-order valence-electron chi connectivity index (χ1n) is 6.21. The normalized spacial score (nSPS) is 44.4. The van der Waals surface area contributed by atoms with Gasteiger partial charge in [-0.25, -0.2) is 0 Å². The molecule has 2 unspecified atom stereocenters. The number of hydrogen-bond acceptors (Lipinski definition) is 1. The molecular formula is C13H23N. The molecule has 3 aliphatic rings. The van der Waals surface area contributed by atoms with E-state index in [1.807, 2.05) is 0 Å². The van der Waals surface area contributed by atoms with Crippen LogP contribution in [0.2, 0.25) is 0 Å². The van der Waals surface area contributed by atoms with E-state index in [1.54, 1.807) is 0 Å². The summed E-state index contributed by atoms with van der Waals surface area (Å²) in [4.78, 5) is 0. The van der Waals surface area contributed by atoms with E-state index in [0.717, 1.165) is 11.5 Å². The van der Waals surface area contributed by atoms with Crippen LogP contribution in [-0.4, -0.2) is 12.6 Å². The predicted octanol–water partition coefficient (Wildman–Crippen LogP) is 2.95. The summed E-state index contributed by atoms with van der Waals surface area (Å²) in [5, 5.41) is 3.76. The third-order valence-electron chi connectivity index (χ3n) is 5.41. The molecule has 1 heterocycles. The quantitative estimate of drug-likeness (QED) is 0.623. The van der Waals surface area contributed by atoms with Crippen molar-refractivity contribution in [3.8, 4) is 0 Å². The Kier molecular flexibility index (Phi) is 1.56. The second-order valence-electron chi connectivity index (χ2n) is 7.04. The first-order valence-corrected chi connectivity index (χ1v) is 6.21. The Morgan fingerprint density at radius 2 is 1.86 bits per heavy atom. The molecule has 80 valence electrons. The molecule has 14 heavy (non-hydrogen) atoms. The van der Waals surface area contributed by atoms with E-state index in [9.17, 15) is 0 Å². The molecule has 1 nitrogen and oxygen atoms in total. The molecule has 1 saturated heterocycles. The van der Waals surface area contributed by atoms with Crippen LogP contribution in [0.15, 0.2) is 0 Å². The molecule has 0 aromatic carbocycles. The van der Waals surface area contributed by atoms with E-state index in [0.29, 0.717) is 10.8 Å². The van der Waals surface area contributed by atoms with Crippen molar-refractivity contribution in [2.75, 3.05) is 6.54 Å². The average molecular weight is 193 g/mol. The fourth-order valence-electron chi connectivity index (χ4n) is 4.21. The molecule has 0 aromatic rings. The summed E-state index contributed by atoms with van der Waals surface area (Å²) in [7, 11) is 0. The number of nitrogens with one attached hydrogen (secondary N) is 1. The Bertz CT molecular complexity index is 259. The predicted molar refractivity (Wildman–Crippen MR) is 59.2 cm³/mol. The summed E-state index contributed by atoms with van der Waals surface area (Å²) in [6.45, 7) is 8.62. The Labute approximate surface area is 87.7 Å². The summed E-state index contributed by atoms with van der Waals surface area (Å²) >= 11 is 0. The van der Waals surface area contributed by atoms with Crippen LogP contribution in [0.1, 0.15) is 52.9 Å². The van der Waals surface area contributed by atoms with Gasteiger partial charge in [0.05, 0.1) is 0 Å². The number of rotatable bonds is 0. The lowest BCUT2D eigenvalue weighted by molar-refractivity contribution is 0.0842. The van der Waals surface area contributed by atoms with Gasteiger partial charge in [-0.2, -0.15) is 0 Å². The zero-order valence-corrected chi connectivity index (χ0v) is 9.82. The fourth-order valence-corrected chi connectivity index (χ4v) is 4.21. The van der Waals surface area contributed by atoms with Gasteiger partial charge in [-0.1, -0.05) is 20.8 Å². The molecular weight excluding hydrogens is 170 g/mol. The van der Waals surface area contributed by atoms with Gasteiger partial charge in [0.2, 0.25) is 0 Å². The van der Waals surface area contributed by atoms with Gasteiger partial charge in [-0.05, 0) is 54.9 Å². The molecule has 1 heteroatoms. The molecule has 2 atom stereocenters. The molecule has 2 aliphatic carbocycles. The van der Waals surface area contributed by atoms with E-state index in [1.165, 1.54) is 38.6 Å². The smallest absolute Gasteiger partial charge is 0.0134 e. The first kappa shape index (κ1) is 9.21. The third kappa shape index (κ3) is 0.997. The fraction of sp³-hybridized carbons (Fsp3) is 1.00. The minimum absolute atomic E-state index is 0.493. The van der Waals surface area contributed by atoms with Gasteiger partial charge >= 0.3 is 0 Å². The first-order chi connectivity index (χ1) is 6.48. The minimum Gasteiger partial charge on any atom is -0.313 e. The molecule has 0 radical (unpaired) electrons. The van der Waals surface area contributed by atoms with Crippen LogP contribution in [0.4, 0.5) is 0 Å². The summed E-state index contributed by atoms with van der Waals surface area (Å²) in [5.74, 6) is 0. The molecule has 0 aromatic heterocycles. The standard InChI is InChI=1S/C13H23N/c1-11(2,3)13-6-7-14-10(13)8-12(9-13)4-5-12/h10,14H,4-9H2,1-3H3. The number of fused-ring (bicyclic) bond motifs is 1. The summed E-state index contributed by atoms with van der Waals surface area (Å²) < 4.78 is 0. The van der Waals surface area contributed by atoms with Crippen molar-refractivity contribution in [2.24, 2.45) is 16.2 Å². The van der Waals surface area contributed by atoms with E-state index in [4.69, 9.17) is 0 Å². The topological polar surface area (TPSA) is 12.0 Å². The third-order valence-corrected chi connectivity index (χ3v) is 5.41. The van der Waals surface area contributed by atoms with Gasteiger partial charge in [-0.3, -0.25) is 0 Å². The average Bonchev–Trinajstić information content (AvgIpc) is 2.47. The van der Waals surface area contributed by atoms with Crippen molar-refractivity contribution in [2.45, 2.75) is 58.9 Å². The van der Waals surface area contributed by atoms with E-state index in [-0.39, 0.29) is 0 Å². The van der Waals surface area contributed by atoms with E-state index >= 15 is 0 Å². The van der Waals surface area contributed by atoms with Gasteiger partial charge in [0.15, 0.2) is 0 Å². The van der Waals surface area contributed by atoms with Gasteiger partial charge in [0.1, 0.15) is 0 Å². The van der Waals surface area contributed by atoms with Crippen molar-refractivity contribution in [3.05, 3.63) is 0 Å². The van der Waals surface area contributed by atoms with Gasteiger partial charge < -0.3 is 5.32 Å². The summed E-state index contributed by atoms with van der Waals surface area (Å²) in [6.07, 6.45) is 7.44.